The lowest BCUT2D eigenvalue weighted by Crippen LogP contribution is -2.44. The number of hydrogen-bond acceptors (Lipinski definition) is 5. The van der Waals surface area contributed by atoms with Crippen molar-refractivity contribution >= 4 is 11.9 Å². The molecule has 0 amide bonds. The molecule has 0 bridgehead atoms. The smallest absolute Gasteiger partial charge is 0.142 e. The first-order valence-corrected chi connectivity index (χ1v) is 9.82. The van der Waals surface area contributed by atoms with E-state index in [9.17, 15) is 0 Å². The van der Waals surface area contributed by atoms with E-state index in [2.05, 4.69) is 21.1 Å². The lowest BCUT2D eigenvalue weighted by Gasteiger charge is -2.35. The Hall–Kier alpha value is -3.47. The van der Waals surface area contributed by atoms with E-state index in [1.165, 1.54) is 0 Å². The molecule has 4 rings (SSSR count). The Morgan fingerprint density at radius 2 is 1.52 bits per heavy atom. The topological polar surface area (TPSA) is 37.3 Å². The number of rotatable bonds is 6. The van der Waals surface area contributed by atoms with Gasteiger partial charge in [0, 0.05) is 13.1 Å². The van der Waals surface area contributed by atoms with Crippen molar-refractivity contribution in [2.45, 2.75) is 0 Å². The molecule has 0 radical (unpaired) electrons. The molecular formula is C24H25N3O2. The zero-order valence-corrected chi connectivity index (χ0v) is 16.6. The maximum atomic E-state index is 5.90. The third kappa shape index (κ3) is 4.88. The van der Waals surface area contributed by atoms with Crippen molar-refractivity contribution in [2.24, 2.45) is 5.10 Å². The van der Waals surface area contributed by atoms with Crippen molar-refractivity contribution in [2.75, 3.05) is 38.2 Å². The Bertz CT molecular complexity index is 951. The highest BCUT2D eigenvalue weighted by atomic mass is 16.5. The van der Waals surface area contributed by atoms with Crippen molar-refractivity contribution in [3.8, 4) is 17.2 Å². The van der Waals surface area contributed by atoms with Crippen LogP contribution in [0.5, 0.6) is 17.2 Å². The average Bonchev–Trinajstić information content (AvgIpc) is 2.79. The summed E-state index contributed by atoms with van der Waals surface area (Å²) in [5, 5.41) is 6.77. The molecule has 0 saturated carbocycles. The first-order chi connectivity index (χ1) is 14.3. The van der Waals surface area contributed by atoms with E-state index < -0.39 is 0 Å². The molecule has 3 aromatic rings. The molecule has 1 aliphatic heterocycles. The van der Waals surface area contributed by atoms with Crippen LogP contribution in [-0.2, 0) is 0 Å². The number of para-hydroxylation sites is 3. The molecule has 1 saturated heterocycles. The Morgan fingerprint density at radius 3 is 2.31 bits per heavy atom. The molecule has 148 valence electrons. The van der Waals surface area contributed by atoms with Crippen molar-refractivity contribution in [1.29, 1.82) is 0 Å². The number of nitrogens with zero attached hydrogens (tertiary/aromatic N) is 3. The summed E-state index contributed by atoms with van der Waals surface area (Å²) < 4.78 is 11.4. The largest absolute Gasteiger partial charge is 0.495 e. The van der Waals surface area contributed by atoms with Crippen LogP contribution in [0.1, 0.15) is 5.56 Å². The monoisotopic (exact) mass is 387 g/mol. The minimum Gasteiger partial charge on any atom is -0.495 e. The predicted molar refractivity (Wildman–Crippen MR) is 117 cm³/mol. The van der Waals surface area contributed by atoms with Crippen LogP contribution in [0.4, 0.5) is 5.69 Å². The number of ether oxygens (including phenoxy) is 2. The van der Waals surface area contributed by atoms with Gasteiger partial charge in [0.1, 0.15) is 17.2 Å². The maximum Gasteiger partial charge on any atom is 0.142 e. The minimum absolute atomic E-state index is 0.807. The van der Waals surface area contributed by atoms with E-state index in [0.717, 1.165) is 54.7 Å². The molecule has 5 nitrogen and oxygen atoms in total. The average molecular weight is 387 g/mol. The van der Waals surface area contributed by atoms with Gasteiger partial charge in [-0.1, -0.05) is 42.5 Å². The van der Waals surface area contributed by atoms with Crippen LogP contribution in [-0.4, -0.2) is 44.5 Å². The Kier molecular flexibility index (Phi) is 5.95. The highest BCUT2D eigenvalue weighted by Crippen LogP contribution is 2.28. The first-order valence-electron chi connectivity index (χ1n) is 9.82. The summed E-state index contributed by atoms with van der Waals surface area (Å²) in [6.45, 7) is 3.56. The fourth-order valence-electron chi connectivity index (χ4n) is 3.37. The molecule has 0 unspecified atom stereocenters. The molecule has 0 aromatic heterocycles. The lowest BCUT2D eigenvalue weighted by molar-refractivity contribution is 0.271. The van der Waals surface area contributed by atoms with Crippen molar-refractivity contribution in [1.82, 2.24) is 5.01 Å². The van der Waals surface area contributed by atoms with Gasteiger partial charge in [-0.15, -0.1) is 0 Å². The van der Waals surface area contributed by atoms with E-state index in [-0.39, 0.29) is 0 Å². The van der Waals surface area contributed by atoms with Gasteiger partial charge >= 0.3 is 0 Å². The number of hydrogen-bond donors (Lipinski definition) is 0. The Morgan fingerprint density at radius 1 is 0.793 bits per heavy atom. The van der Waals surface area contributed by atoms with Crippen LogP contribution in [0.3, 0.4) is 0 Å². The Labute approximate surface area is 171 Å². The minimum atomic E-state index is 0.807. The van der Waals surface area contributed by atoms with Crippen molar-refractivity contribution < 1.29 is 9.47 Å². The van der Waals surface area contributed by atoms with E-state index in [4.69, 9.17) is 9.47 Å². The van der Waals surface area contributed by atoms with E-state index in [1.54, 1.807) is 7.11 Å². The molecular weight excluding hydrogens is 362 g/mol. The maximum absolute atomic E-state index is 5.90. The van der Waals surface area contributed by atoms with Crippen LogP contribution in [0.2, 0.25) is 0 Å². The molecule has 1 heterocycles. The fourth-order valence-corrected chi connectivity index (χ4v) is 3.37. The zero-order valence-electron chi connectivity index (χ0n) is 16.6. The molecule has 29 heavy (non-hydrogen) atoms. The number of hydrazone groups is 1. The summed E-state index contributed by atoms with van der Waals surface area (Å²) in [5.41, 5.74) is 2.16. The van der Waals surface area contributed by atoms with Crippen molar-refractivity contribution in [3.05, 3.63) is 84.4 Å². The van der Waals surface area contributed by atoms with E-state index in [1.807, 2.05) is 79.0 Å². The van der Waals surface area contributed by atoms with Crippen LogP contribution < -0.4 is 14.4 Å². The van der Waals surface area contributed by atoms with Crippen LogP contribution in [0.15, 0.2) is 84.0 Å². The quantitative estimate of drug-likeness (QED) is 0.577. The molecule has 1 fully saturated rings. The van der Waals surface area contributed by atoms with E-state index in [0.29, 0.717) is 0 Å². The fraction of sp³-hybridized carbons (Fsp3) is 0.208. The molecule has 0 N–H and O–H groups in total. The lowest BCUT2D eigenvalue weighted by atomic mass is 10.2. The van der Waals surface area contributed by atoms with Crippen LogP contribution in [0.25, 0.3) is 0 Å². The molecule has 5 heteroatoms. The molecule has 0 atom stereocenters. The first kappa shape index (κ1) is 18.9. The van der Waals surface area contributed by atoms with Gasteiger partial charge in [-0.2, -0.15) is 5.10 Å². The van der Waals surface area contributed by atoms with Gasteiger partial charge in [-0.3, -0.25) is 5.01 Å². The summed E-state index contributed by atoms with van der Waals surface area (Å²) in [7, 11) is 1.72. The number of piperazine rings is 1. The van der Waals surface area contributed by atoms with E-state index >= 15 is 0 Å². The molecule has 1 aliphatic rings. The summed E-state index contributed by atoms with van der Waals surface area (Å²) in [6.07, 6.45) is 1.90. The zero-order chi connectivity index (χ0) is 19.9. The van der Waals surface area contributed by atoms with Gasteiger partial charge in [0.25, 0.3) is 0 Å². The van der Waals surface area contributed by atoms with Crippen LogP contribution in [0, 0.1) is 0 Å². The Balaban J connectivity index is 1.35. The van der Waals surface area contributed by atoms with Gasteiger partial charge in [-0.25, -0.2) is 0 Å². The number of anilines is 1. The standard InChI is InChI=1S/C24H25N3O2/c1-28-24-13-6-5-12-23(24)26-14-16-27(17-15-26)25-19-20-8-7-11-22(18-20)29-21-9-3-2-4-10-21/h2-13,18-19H,14-17H2,1H3. The number of benzene rings is 3. The molecule has 0 spiro atoms. The van der Waals surface area contributed by atoms with Crippen LogP contribution >= 0.6 is 0 Å². The summed E-state index contributed by atoms with van der Waals surface area (Å²) in [5.74, 6) is 2.55. The van der Waals surface area contributed by atoms with Gasteiger partial charge in [0.05, 0.1) is 32.1 Å². The second-order valence-corrected chi connectivity index (χ2v) is 6.84. The highest BCUT2D eigenvalue weighted by Gasteiger charge is 2.18. The SMILES string of the molecule is COc1ccccc1N1CCN(N=Cc2cccc(Oc3ccccc3)c2)CC1. The predicted octanol–water partition coefficient (Wildman–Crippen LogP) is 4.64. The van der Waals surface area contributed by atoms with Crippen molar-refractivity contribution in [3.63, 3.8) is 0 Å². The molecule has 0 aliphatic carbocycles. The molecule has 3 aromatic carbocycles. The normalized spacial score (nSPS) is 14.2. The van der Waals surface area contributed by atoms with Gasteiger partial charge in [0.15, 0.2) is 0 Å². The number of methoxy groups -OCH3 is 1. The summed E-state index contributed by atoms with van der Waals surface area (Å²) >= 11 is 0. The summed E-state index contributed by atoms with van der Waals surface area (Å²) in [4.78, 5) is 2.35. The van der Waals surface area contributed by atoms with Gasteiger partial charge < -0.3 is 14.4 Å². The third-order valence-corrected chi connectivity index (χ3v) is 4.89. The second-order valence-electron chi connectivity index (χ2n) is 6.84. The third-order valence-electron chi connectivity index (χ3n) is 4.89. The van der Waals surface area contributed by atoms with Gasteiger partial charge in [0.2, 0.25) is 0 Å². The highest BCUT2D eigenvalue weighted by molar-refractivity contribution is 5.80. The summed E-state index contributed by atoms with van der Waals surface area (Å²) in [6, 6.07) is 25.9. The second kappa shape index (κ2) is 9.15. The van der Waals surface area contributed by atoms with Gasteiger partial charge in [-0.05, 0) is 42.0 Å².